The number of carbonyl (C=O) groups excluding carboxylic acids is 1. The van der Waals surface area contributed by atoms with Crippen LogP contribution < -0.4 is 4.90 Å². The van der Waals surface area contributed by atoms with Gasteiger partial charge in [0.05, 0.1) is 10.6 Å². The minimum absolute atomic E-state index is 0.126. The predicted octanol–water partition coefficient (Wildman–Crippen LogP) is 7.05. The van der Waals surface area contributed by atoms with Gasteiger partial charge in [0.1, 0.15) is 0 Å². The Morgan fingerprint density at radius 2 is 1.52 bits per heavy atom. The van der Waals surface area contributed by atoms with Gasteiger partial charge in [0.2, 0.25) is 0 Å². The van der Waals surface area contributed by atoms with Crippen molar-refractivity contribution in [1.82, 2.24) is 0 Å². The molecule has 0 unspecified atom stereocenters. The van der Waals surface area contributed by atoms with E-state index in [0.717, 1.165) is 27.1 Å². The molecular weight excluding hydrogens is 418 g/mol. The van der Waals surface area contributed by atoms with Gasteiger partial charge in [0.25, 0.3) is 5.91 Å². The van der Waals surface area contributed by atoms with Crippen LogP contribution in [0, 0.1) is 0 Å². The maximum atomic E-state index is 13.2. The van der Waals surface area contributed by atoms with Gasteiger partial charge in [-0.1, -0.05) is 90.2 Å². The minimum Gasteiger partial charge on any atom is -0.268 e. The summed E-state index contributed by atoms with van der Waals surface area (Å²) in [6, 6.07) is 25.8. The number of carbonyl (C=O) groups is 1. The first-order valence-electron chi connectivity index (χ1n) is 9.06. The molecular formula is C24H14ClNOS2. The molecule has 0 aliphatic carbocycles. The molecule has 1 amide bonds. The third kappa shape index (κ3) is 3.23. The molecule has 2 nitrogen and oxygen atoms in total. The number of hydrogen-bond donors (Lipinski definition) is 0. The molecule has 1 saturated heterocycles. The van der Waals surface area contributed by atoms with Crippen molar-refractivity contribution >= 4 is 79.1 Å². The van der Waals surface area contributed by atoms with E-state index in [-0.39, 0.29) is 5.91 Å². The van der Waals surface area contributed by atoms with E-state index in [1.54, 1.807) is 17.0 Å². The molecule has 5 heteroatoms. The average Bonchev–Trinajstić information content (AvgIpc) is 3.01. The van der Waals surface area contributed by atoms with Crippen LogP contribution in [0.3, 0.4) is 0 Å². The van der Waals surface area contributed by atoms with E-state index in [2.05, 4.69) is 30.3 Å². The molecule has 29 heavy (non-hydrogen) atoms. The Bertz CT molecular complexity index is 1290. The van der Waals surface area contributed by atoms with Crippen molar-refractivity contribution in [2.24, 2.45) is 0 Å². The smallest absolute Gasteiger partial charge is 0.268 e. The van der Waals surface area contributed by atoms with Crippen LogP contribution in [0.15, 0.2) is 83.8 Å². The lowest BCUT2D eigenvalue weighted by molar-refractivity contribution is -0.113. The van der Waals surface area contributed by atoms with E-state index in [4.69, 9.17) is 23.8 Å². The zero-order chi connectivity index (χ0) is 20.0. The fourth-order valence-electron chi connectivity index (χ4n) is 3.64. The Morgan fingerprint density at radius 1 is 0.862 bits per heavy atom. The van der Waals surface area contributed by atoms with Crippen LogP contribution in [-0.4, -0.2) is 10.2 Å². The summed E-state index contributed by atoms with van der Waals surface area (Å²) in [5.74, 6) is -0.126. The third-order valence-electron chi connectivity index (χ3n) is 4.95. The quantitative estimate of drug-likeness (QED) is 0.192. The predicted molar refractivity (Wildman–Crippen MR) is 129 cm³/mol. The molecule has 4 aromatic carbocycles. The number of amides is 1. The van der Waals surface area contributed by atoms with Gasteiger partial charge in [0, 0.05) is 5.02 Å². The molecule has 1 fully saturated rings. The molecule has 1 heterocycles. The summed E-state index contributed by atoms with van der Waals surface area (Å²) in [5, 5.41) is 5.07. The number of benzene rings is 4. The van der Waals surface area contributed by atoms with Crippen molar-refractivity contribution in [2.45, 2.75) is 0 Å². The van der Waals surface area contributed by atoms with Gasteiger partial charge in [-0.05, 0) is 57.4 Å². The van der Waals surface area contributed by atoms with Crippen LogP contribution in [0.1, 0.15) is 5.56 Å². The largest absolute Gasteiger partial charge is 0.270 e. The molecule has 1 aliphatic heterocycles. The highest BCUT2D eigenvalue weighted by Gasteiger charge is 2.33. The lowest BCUT2D eigenvalue weighted by atomic mass is 9.96. The lowest BCUT2D eigenvalue weighted by Gasteiger charge is -2.14. The Balaban J connectivity index is 1.68. The molecule has 0 radical (unpaired) electrons. The first-order valence-corrected chi connectivity index (χ1v) is 10.7. The lowest BCUT2D eigenvalue weighted by Crippen LogP contribution is -2.27. The van der Waals surface area contributed by atoms with Crippen LogP contribution in [0.2, 0.25) is 5.02 Å². The molecule has 1 aliphatic rings. The number of hydrogen-bond acceptors (Lipinski definition) is 3. The zero-order valence-corrected chi connectivity index (χ0v) is 17.5. The molecule has 0 saturated carbocycles. The molecule has 4 aromatic rings. The van der Waals surface area contributed by atoms with Crippen LogP contribution in [0.25, 0.3) is 27.6 Å². The molecule has 140 valence electrons. The summed E-state index contributed by atoms with van der Waals surface area (Å²) in [6.45, 7) is 0. The number of thioether (sulfide) groups is 1. The van der Waals surface area contributed by atoms with Crippen molar-refractivity contribution in [3.05, 3.63) is 94.4 Å². The number of thiocarbonyl (C=S) groups is 1. The highest BCUT2D eigenvalue weighted by Crippen LogP contribution is 2.39. The first kappa shape index (κ1) is 18.4. The number of rotatable bonds is 2. The highest BCUT2D eigenvalue weighted by atomic mass is 35.5. The average molecular weight is 432 g/mol. The number of halogens is 1. The van der Waals surface area contributed by atoms with Crippen LogP contribution >= 0.6 is 35.6 Å². The maximum absolute atomic E-state index is 13.2. The molecule has 0 atom stereocenters. The number of fused-ring (bicyclic) bond motifs is 2. The standard InChI is InChI=1S/C24H14ClNOS2/c25-17-8-5-9-18(13-17)26-23(27)22(29-24(26)28)14-21-19-10-3-1-6-15(19)12-16-7-2-4-11-20(16)21/h1-14H. The number of anilines is 1. The van der Waals surface area contributed by atoms with E-state index in [1.165, 1.54) is 11.8 Å². The van der Waals surface area contributed by atoms with Gasteiger partial charge in [0.15, 0.2) is 4.32 Å². The fraction of sp³-hybridized carbons (Fsp3) is 0. The summed E-state index contributed by atoms with van der Waals surface area (Å²) < 4.78 is 0.507. The molecule has 0 spiro atoms. The van der Waals surface area contributed by atoms with Crippen LogP contribution in [-0.2, 0) is 4.79 Å². The normalized spacial score (nSPS) is 15.8. The monoisotopic (exact) mass is 431 g/mol. The first-order chi connectivity index (χ1) is 14.1. The van der Waals surface area contributed by atoms with E-state index >= 15 is 0 Å². The SMILES string of the molecule is O=C1C(=Cc2c3ccccc3cc3ccccc23)SC(=S)N1c1cccc(Cl)c1. The van der Waals surface area contributed by atoms with Gasteiger partial charge in [-0.25, -0.2) is 0 Å². The number of nitrogens with zero attached hydrogens (tertiary/aromatic N) is 1. The summed E-state index contributed by atoms with van der Waals surface area (Å²) in [7, 11) is 0. The highest BCUT2D eigenvalue weighted by molar-refractivity contribution is 8.27. The zero-order valence-electron chi connectivity index (χ0n) is 15.1. The third-order valence-corrected chi connectivity index (χ3v) is 6.49. The van der Waals surface area contributed by atoms with Gasteiger partial charge in [-0.3, -0.25) is 9.69 Å². The molecule has 0 bridgehead atoms. The summed E-state index contributed by atoms with van der Waals surface area (Å²) in [6.07, 6.45) is 1.97. The maximum Gasteiger partial charge on any atom is 0.270 e. The summed E-state index contributed by atoms with van der Waals surface area (Å²) in [5.41, 5.74) is 1.72. The molecule has 0 aromatic heterocycles. The second kappa shape index (κ2) is 7.30. The van der Waals surface area contributed by atoms with Crippen molar-refractivity contribution in [3.8, 4) is 0 Å². The Morgan fingerprint density at radius 3 is 2.17 bits per heavy atom. The van der Waals surface area contributed by atoms with Crippen LogP contribution in [0.5, 0.6) is 0 Å². The Kier molecular flexibility index (Phi) is 4.63. The van der Waals surface area contributed by atoms with Crippen LogP contribution in [0.4, 0.5) is 5.69 Å². The Labute approximate surface area is 182 Å². The van der Waals surface area contributed by atoms with Gasteiger partial charge in [-0.15, -0.1) is 0 Å². The summed E-state index contributed by atoms with van der Waals surface area (Å²) in [4.78, 5) is 15.4. The van der Waals surface area contributed by atoms with Gasteiger partial charge < -0.3 is 0 Å². The molecule has 0 N–H and O–H groups in total. The second-order valence-corrected chi connectivity index (χ2v) is 8.84. The minimum atomic E-state index is -0.126. The fourth-order valence-corrected chi connectivity index (χ4v) is 5.11. The van der Waals surface area contributed by atoms with Gasteiger partial charge >= 0.3 is 0 Å². The van der Waals surface area contributed by atoms with Crippen molar-refractivity contribution in [3.63, 3.8) is 0 Å². The van der Waals surface area contributed by atoms with E-state index in [0.29, 0.717) is 19.9 Å². The van der Waals surface area contributed by atoms with E-state index in [9.17, 15) is 4.79 Å². The van der Waals surface area contributed by atoms with Crippen molar-refractivity contribution in [1.29, 1.82) is 0 Å². The van der Waals surface area contributed by atoms with E-state index < -0.39 is 0 Å². The Hall–Kier alpha value is -2.66. The van der Waals surface area contributed by atoms with Crippen molar-refractivity contribution in [2.75, 3.05) is 4.90 Å². The topological polar surface area (TPSA) is 20.3 Å². The van der Waals surface area contributed by atoms with E-state index in [1.807, 2.05) is 42.5 Å². The second-order valence-electron chi connectivity index (χ2n) is 6.73. The van der Waals surface area contributed by atoms with Gasteiger partial charge in [-0.2, -0.15) is 0 Å². The summed E-state index contributed by atoms with van der Waals surface area (Å²) >= 11 is 12.9. The van der Waals surface area contributed by atoms with Crippen molar-refractivity contribution < 1.29 is 4.79 Å². The molecule has 5 rings (SSSR count).